The van der Waals surface area contributed by atoms with Gasteiger partial charge in [0.1, 0.15) is 0 Å². The Bertz CT molecular complexity index is 1160. The average molecular weight is 391 g/mol. The average Bonchev–Trinajstić information content (AvgIpc) is 2.91. The van der Waals surface area contributed by atoms with Crippen molar-refractivity contribution in [2.24, 2.45) is 12.2 Å². The molecule has 0 saturated carbocycles. The van der Waals surface area contributed by atoms with E-state index in [9.17, 15) is 28.1 Å². The van der Waals surface area contributed by atoms with E-state index in [1.807, 2.05) is 0 Å². The minimum Gasteiger partial charge on any atom is -0.295 e. The monoisotopic (exact) mass is 391 g/mol. The van der Waals surface area contributed by atoms with Gasteiger partial charge in [0, 0.05) is 25.4 Å². The summed E-state index contributed by atoms with van der Waals surface area (Å²) < 4.78 is 41.9. The topological polar surface area (TPSA) is 93.0 Å². The number of alkyl halides is 3. The third kappa shape index (κ3) is 3.02. The zero-order valence-electron chi connectivity index (χ0n) is 15.1. The molecule has 2 aromatic rings. The van der Waals surface area contributed by atoms with Crippen LogP contribution in [0.2, 0.25) is 0 Å². The van der Waals surface area contributed by atoms with Crippen molar-refractivity contribution in [2.45, 2.75) is 37.5 Å². The molecular formula is C18H16F3N5O2. The molecule has 28 heavy (non-hydrogen) atoms. The highest BCUT2D eigenvalue weighted by Gasteiger charge is 2.54. The Morgan fingerprint density at radius 1 is 1.39 bits per heavy atom. The lowest BCUT2D eigenvalue weighted by atomic mass is 9.91. The van der Waals surface area contributed by atoms with Crippen LogP contribution in [0.15, 0.2) is 28.4 Å². The summed E-state index contributed by atoms with van der Waals surface area (Å²) in [6.07, 6.45) is 1.89. The highest BCUT2D eigenvalue weighted by molar-refractivity contribution is 5.51. The summed E-state index contributed by atoms with van der Waals surface area (Å²) in [6, 6.07) is 3.66. The van der Waals surface area contributed by atoms with Crippen LogP contribution < -0.4 is 16.4 Å². The number of imidazole rings is 1. The summed E-state index contributed by atoms with van der Waals surface area (Å²) in [7, 11) is 1.44. The Labute approximate surface area is 157 Å². The van der Waals surface area contributed by atoms with Gasteiger partial charge in [0.05, 0.1) is 28.9 Å². The van der Waals surface area contributed by atoms with E-state index in [2.05, 4.69) is 16.2 Å². The van der Waals surface area contributed by atoms with E-state index >= 15 is 0 Å². The van der Waals surface area contributed by atoms with E-state index in [0.717, 1.165) is 4.57 Å². The fraction of sp³-hybridized carbons (Fsp3) is 0.389. The summed E-state index contributed by atoms with van der Waals surface area (Å²) >= 11 is 0. The maximum absolute atomic E-state index is 13.3. The van der Waals surface area contributed by atoms with Gasteiger partial charge in [-0.15, -0.1) is 4.91 Å². The first-order valence-electron chi connectivity index (χ1n) is 8.36. The Morgan fingerprint density at radius 3 is 2.71 bits per heavy atom. The fourth-order valence-electron chi connectivity index (χ4n) is 3.26. The predicted octanol–water partition coefficient (Wildman–Crippen LogP) is 1.29. The molecule has 0 radical (unpaired) electrons. The molecule has 10 heteroatoms. The standard InChI is InChI=1S/C18H16F3N5O2/c1-17(24-28,18(19,20)21)10-26-14-4-3-11(7-15(14)25(2)16(26)27)13-9-23-6-5-12(13)8-22/h4-7,9,11H,3,10H2,1-2H3. The summed E-state index contributed by atoms with van der Waals surface area (Å²) in [4.78, 5) is 27.5. The number of aromatic nitrogens is 3. The molecule has 0 spiro atoms. The fourth-order valence-corrected chi connectivity index (χ4v) is 3.26. The second kappa shape index (κ2) is 6.74. The van der Waals surface area contributed by atoms with Crippen LogP contribution in [0.1, 0.15) is 30.4 Å². The van der Waals surface area contributed by atoms with Gasteiger partial charge in [-0.1, -0.05) is 17.3 Å². The predicted molar refractivity (Wildman–Crippen MR) is 94.4 cm³/mol. The highest BCUT2D eigenvalue weighted by atomic mass is 19.4. The maximum atomic E-state index is 13.3. The van der Waals surface area contributed by atoms with Crippen molar-refractivity contribution < 1.29 is 13.2 Å². The number of hydrogen-bond donors (Lipinski definition) is 0. The van der Waals surface area contributed by atoms with Gasteiger partial charge in [-0.25, -0.2) is 4.79 Å². The van der Waals surface area contributed by atoms with Crippen LogP contribution in [0.5, 0.6) is 0 Å². The van der Waals surface area contributed by atoms with Gasteiger partial charge in [-0.05, 0) is 25.0 Å². The van der Waals surface area contributed by atoms with E-state index in [0.29, 0.717) is 35.2 Å². The van der Waals surface area contributed by atoms with E-state index < -0.39 is 23.9 Å². The molecule has 3 rings (SSSR count). The van der Waals surface area contributed by atoms with Crippen molar-refractivity contribution in [1.82, 2.24) is 14.1 Å². The molecule has 7 nitrogen and oxygen atoms in total. The van der Waals surface area contributed by atoms with Crippen molar-refractivity contribution in [3.63, 3.8) is 0 Å². The van der Waals surface area contributed by atoms with Gasteiger partial charge in [0.2, 0.25) is 5.54 Å². The number of hydrogen-bond acceptors (Lipinski definition) is 5. The van der Waals surface area contributed by atoms with Crippen LogP contribution in [0.4, 0.5) is 13.2 Å². The number of halogens is 3. The largest absolute Gasteiger partial charge is 0.418 e. The SMILES string of the molecule is Cn1c2c(n(CC(C)(N=O)C(F)(F)F)c1=O)=CCC(c1cnccc1C#N)C=2. The van der Waals surface area contributed by atoms with Crippen LogP contribution in [0, 0.1) is 16.2 Å². The van der Waals surface area contributed by atoms with E-state index in [-0.39, 0.29) is 5.92 Å². The number of pyridine rings is 1. The molecule has 2 heterocycles. The minimum atomic E-state index is -4.89. The second-order valence-electron chi connectivity index (χ2n) is 6.85. The number of nitrogens with zero attached hydrogens (tertiary/aromatic N) is 5. The van der Waals surface area contributed by atoms with E-state index in [1.165, 1.54) is 17.8 Å². The van der Waals surface area contributed by atoms with Crippen LogP contribution in [0.25, 0.3) is 12.2 Å². The molecule has 0 N–H and O–H groups in total. The van der Waals surface area contributed by atoms with Crippen molar-refractivity contribution in [3.8, 4) is 6.07 Å². The van der Waals surface area contributed by atoms with Gasteiger partial charge in [-0.2, -0.15) is 18.4 Å². The number of nitroso groups, excluding NO2 is 1. The van der Waals surface area contributed by atoms with E-state index in [4.69, 9.17) is 0 Å². The first-order chi connectivity index (χ1) is 13.1. The van der Waals surface area contributed by atoms with Gasteiger partial charge >= 0.3 is 11.9 Å². The lowest BCUT2D eigenvalue weighted by Crippen LogP contribution is -2.48. The molecule has 0 saturated heterocycles. The van der Waals surface area contributed by atoms with Crippen molar-refractivity contribution in [1.29, 1.82) is 5.26 Å². The van der Waals surface area contributed by atoms with Crippen LogP contribution in [-0.4, -0.2) is 25.8 Å². The lowest BCUT2D eigenvalue weighted by molar-refractivity contribution is -0.184. The molecule has 0 amide bonds. The third-order valence-corrected chi connectivity index (χ3v) is 5.01. The molecule has 2 unspecified atom stereocenters. The van der Waals surface area contributed by atoms with Gasteiger partial charge < -0.3 is 0 Å². The molecule has 2 atom stereocenters. The molecule has 1 aliphatic rings. The van der Waals surface area contributed by atoms with Gasteiger partial charge in [0.15, 0.2) is 0 Å². The molecule has 146 valence electrons. The van der Waals surface area contributed by atoms with Crippen LogP contribution >= 0.6 is 0 Å². The Balaban J connectivity index is 2.14. The van der Waals surface area contributed by atoms with Crippen molar-refractivity contribution >= 4 is 12.2 Å². The summed E-state index contributed by atoms with van der Waals surface area (Å²) in [6.45, 7) is -0.247. The Kier molecular flexibility index (Phi) is 4.71. The quantitative estimate of drug-likeness (QED) is 0.734. The third-order valence-electron chi connectivity index (χ3n) is 5.01. The number of rotatable bonds is 4. The number of fused-ring (bicyclic) bond motifs is 1. The minimum absolute atomic E-state index is 0.254. The first kappa shape index (κ1) is 19.5. The molecule has 1 aliphatic carbocycles. The van der Waals surface area contributed by atoms with Crippen molar-refractivity contribution in [3.05, 3.63) is 55.7 Å². The molecule has 0 aliphatic heterocycles. The van der Waals surface area contributed by atoms with Gasteiger partial charge in [0.25, 0.3) is 0 Å². The molecule has 0 fully saturated rings. The van der Waals surface area contributed by atoms with E-state index in [1.54, 1.807) is 24.4 Å². The normalized spacial score (nSPS) is 18.2. The Morgan fingerprint density at radius 2 is 2.11 bits per heavy atom. The molecule has 0 bridgehead atoms. The zero-order chi connectivity index (χ0) is 20.7. The smallest absolute Gasteiger partial charge is 0.295 e. The molecular weight excluding hydrogens is 375 g/mol. The Hall–Kier alpha value is -3.22. The number of nitriles is 1. The summed E-state index contributed by atoms with van der Waals surface area (Å²) in [5.41, 5.74) is -2.49. The maximum Gasteiger partial charge on any atom is 0.418 e. The molecule has 0 aromatic carbocycles. The van der Waals surface area contributed by atoms with Crippen molar-refractivity contribution in [2.75, 3.05) is 0 Å². The van der Waals surface area contributed by atoms with Gasteiger partial charge in [-0.3, -0.25) is 14.1 Å². The second-order valence-corrected chi connectivity index (χ2v) is 6.85. The summed E-state index contributed by atoms with van der Waals surface area (Å²) in [5.74, 6) is -0.254. The zero-order valence-corrected chi connectivity index (χ0v) is 15.1. The summed E-state index contributed by atoms with van der Waals surface area (Å²) in [5, 5.41) is 12.2. The molecule has 2 aromatic heterocycles. The lowest BCUT2D eigenvalue weighted by Gasteiger charge is -2.24. The first-order valence-corrected chi connectivity index (χ1v) is 8.36. The van der Waals surface area contributed by atoms with Crippen LogP contribution in [0.3, 0.4) is 0 Å². The van der Waals surface area contributed by atoms with Crippen LogP contribution in [-0.2, 0) is 13.6 Å². The highest BCUT2D eigenvalue weighted by Crippen LogP contribution is 2.34.